The van der Waals surface area contributed by atoms with Crippen molar-refractivity contribution in [3.05, 3.63) is 34.9 Å². The van der Waals surface area contributed by atoms with Crippen molar-refractivity contribution in [2.24, 2.45) is 0 Å². The number of hydrogen-bond acceptors (Lipinski definition) is 3. The van der Waals surface area contributed by atoms with Crippen LogP contribution in [0, 0.1) is 0 Å². The summed E-state index contributed by atoms with van der Waals surface area (Å²) in [5, 5.41) is 10.5. The van der Waals surface area contributed by atoms with Crippen LogP contribution in [0.25, 0.3) is 0 Å². The molecule has 3 rings (SSSR count). The molecule has 0 saturated carbocycles. The molecule has 0 spiro atoms. The number of aliphatic hydroxyl groups is 1. The highest BCUT2D eigenvalue weighted by Gasteiger charge is 2.24. The molecule has 1 saturated heterocycles. The average Bonchev–Trinajstić information content (AvgIpc) is 2.84. The fraction of sp³-hybridized carbons (Fsp3) is 0.647. The van der Waals surface area contributed by atoms with Gasteiger partial charge in [-0.25, -0.2) is 0 Å². The highest BCUT2D eigenvalue weighted by molar-refractivity contribution is 5.36. The second kappa shape index (κ2) is 5.84. The fourth-order valence-corrected chi connectivity index (χ4v) is 3.58. The second-order valence-corrected chi connectivity index (χ2v) is 6.37. The molecule has 1 fully saturated rings. The number of aliphatic hydroxyl groups excluding tert-OH is 1. The molecule has 1 aliphatic heterocycles. The zero-order valence-corrected chi connectivity index (χ0v) is 12.5. The Bertz CT molecular complexity index is 464. The van der Waals surface area contributed by atoms with Crippen LogP contribution in [0.5, 0.6) is 0 Å². The number of hydrogen-bond donors (Lipinski definition) is 1. The van der Waals surface area contributed by atoms with E-state index in [1.165, 1.54) is 30.4 Å². The Morgan fingerprint density at radius 2 is 1.90 bits per heavy atom. The summed E-state index contributed by atoms with van der Waals surface area (Å²) in [4.78, 5) is 2.32. The fourth-order valence-electron chi connectivity index (χ4n) is 3.58. The van der Waals surface area contributed by atoms with E-state index in [0.29, 0.717) is 6.54 Å². The van der Waals surface area contributed by atoms with Crippen LogP contribution in [0.3, 0.4) is 0 Å². The maximum Gasteiger partial charge on any atom is 0.0917 e. The van der Waals surface area contributed by atoms with E-state index in [2.05, 4.69) is 36.9 Å². The van der Waals surface area contributed by atoms with E-state index in [1.54, 1.807) is 0 Å². The van der Waals surface area contributed by atoms with Gasteiger partial charge in [0, 0.05) is 19.6 Å². The van der Waals surface area contributed by atoms with Gasteiger partial charge in [-0.1, -0.05) is 18.2 Å². The summed E-state index contributed by atoms with van der Waals surface area (Å²) in [7, 11) is 0. The molecule has 3 unspecified atom stereocenters. The molecule has 0 radical (unpaired) electrons. The Labute approximate surface area is 121 Å². The Morgan fingerprint density at radius 1 is 1.20 bits per heavy atom. The molecule has 2 aliphatic rings. The van der Waals surface area contributed by atoms with Crippen molar-refractivity contribution in [2.45, 2.75) is 51.4 Å². The lowest BCUT2D eigenvalue weighted by atomic mass is 10.0. The van der Waals surface area contributed by atoms with Crippen LogP contribution in [0.1, 0.15) is 43.1 Å². The molecule has 0 amide bonds. The Balaban J connectivity index is 1.65. The van der Waals surface area contributed by atoms with E-state index >= 15 is 0 Å². The summed E-state index contributed by atoms with van der Waals surface area (Å²) >= 11 is 0. The van der Waals surface area contributed by atoms with Crippen LogP contribution >= 0.6 is 0 Å². The Kier molecular flexibility index (Phi) is 4.11. The highest BCUT2D eigenvalue weighted by atomic mass is 16.5. The number of rotatable bonds is 3. The largest absolute Gasteiger partial charge is 0.387 e. The summed E-state index contributed by atoms with van der Waals surface area (Å²) in [5.41, 5.74) is 3.97. The number of benzene rings is 1. The lowest BCUT2D eigenvalue weighted by Gasteiger charge is -2.36. The number of nitrogens with zero attached hydrogens (tertiary/aromatic N) is 1. The number of fused-ring (bicyclic) bond motifs is 1. The first-order valence-electron chi connectivity index (χ1n) is 7.79. The molecule has 1 aromatic carbocycles. The van der Waals surface area contributed by atoms with Crippen LogP contribution in [-0.2, 0) is 17.6 Å². The molecule has 1 heterocycles. The van der Waals surface area contributed by atoms with Gasteiger partial charge in [-0.05, 0) is 49.8 Å². The number of ether oxygens (including phenoxy) is 1. The van der Waals surface area contributed by atoms with Crippen molar-refractivity contribution < 1.29 is 9.84 Å². The van der Waals surface area contributed by atoms with Gasteiger partial charge in [0.1, 0.15) is 0 Å². The predicted octanol–water partition coefficient (Wildman–Crippen LogP) is 2.32. The van der Waals surface area contributed by atoms with Gasteiger partial charge in [0.15, 0.2) is 0 Å². The topological polar surface area (TPSA) is 32.7 Å². The van der Waals surface area contributed by atoms with Gasteiger partial charge in [-0.15, -0.1) is 0 Å². The van der Waals surface area contributed by atoms with E-state index in [4.69, 9.17) is 4.74 Å². The molecule has 20 heavy (non-hydrogen) atoms. The molecule has 110 valence electrons. The van der Waals surface area contributed by atoms with Crippen molar-refractivity contribution in [2.75, 3.05) is 19.6 Å². The smallest absolute Gasteiger partial charge is 0.0917 e. The molecule has 1 aromatic rings. The maximum atomic E-state index is 10.5. The normalized spacial score (nSPS) is 28.4. The van der Waals surface area contributed by atoms with E-state index in [-0.39, 0.29) is 12.2 Å². The minimum absolute atomic E-state index is 0.256. The lowest BCUT2D eigenvalue weighted by Crippen LogP contribution is -2.46. The summed E-state index contributed by atoms with van der Waals surface area (Å²) in [5.74, 6) is 0. The van der Waals surface area contributed by atoms with Crippen molar-refractivity contribution in [3.8, 4) is 0 Å². The van der Waals surface area contributed by atoms with Crippen molar-refractivity contribution in [3.63, 3.8) is 0 Å². The van der Waals surface area contributed by atoms with Crippen LogP contribution in [0.4, 0.5) is 0 Å². The monoisotopic (exact) mass is 275 g/mol. The zero-order chi connectivity index (χ0) is 14.1. The van der Waals surface area contributed by atoms with Gasteiger partial charge in [0.05, 0.1) is 18.3 Å². The lowest BCUT2D eigenvalue weighted by molar-refractivity contribution is -0.0767. The van der Waals surface area contributed by atoms with Gasteiger partial charge in [-0.2, -0.15) is 0 Å². The first kappa shape index (κ1) is 14.1. The molecule has 3 heteroatoms. The van der Waals surface area contributed by atoms with Gasteiger partial charge in [0.2, 0.25) is 0 Å². The third kappa shape index (κ3) is 3.05. The quantitative estimate of drug-likeness (QED) is 0.919. The average molecular weight is 275 g/mol. The first-order valence-corrected chi connectivity index (χ1v) is 7.79. The number of morpholine rings is 1. The summed E-state index contributed by atoms with van der Waals surface area (Å²) in [6.45, 7) is 6.73. The molecule has 0 bridgehead atoms. The minimum atomic E-state index is -0.390. The maximum absolute atomic E-state index is 10.5. The van der Waals surface area contributed by atoms with E-state index in [9.17, 15) is 5.11 Å². The third-order valence-electron chi connectivity index (χ3n) is 4.43. The molecular weight excluding hydrogens is 250 g/mol. The van der Waals surface area contributed by atoms with E-state index in [1.807, 2.05) is 0 Å². The van der Waals surface area contributed by atoms with Gasteiger partial charge < -0.3 is 9.84 Å². The Hall–Kier alpha value is -0.900. The molecule has 0 aromatic heterocycles. The van der Waals surface area contributed by atoms with Gasteiger partial charge >= 0.3 is 0 Å². The second-order valence-electron chi connectivity index (χ2n) is 6.37. The van der Waals surface area contributed by atoms with E-state index in [0.717, 1.165) is 18.7 Å². The number of aryl methyl sites for hydroxylation is 2. The van der Waals surface area contributed by atoms with Crippen LogP contribution in [-0.4, -0.2) is 41.8 Å². The van der Waals surface area contributed by atoms with Crippen LogP contribution in [0.15, 0.2) is 18.2 Å². The molecular formula is C17H25NO2. The van der Waals surface area contributed by atoms with Crippen molar-refractivity contribution in [1.29, 1.82) is 0 Å². The predicted molar refractivity (Wildman–Crippen MR) is 79.9 cm³/mol. The van der Waals surface area contributed by atoms with Crippen molar-refractivity contribution >= 4 is 0 Å². The van der Waals surface area contributed by atoms with Crippen LogP contribution in [0.2, 0.25) is 0 Å². The molecule has 3 atom stereocenters. The summed E-state index contributed by atoms with van der Waals surface area (Å²) in [6.07, 6.45) is 3.74. The van der Waals surface area contributed by atoms with Crippen molar-refractivity contribution in [1.82, 2.24) is 4.90 Å². The summed E-state index contributed by atoms with van der Waals surface area (Å²) < 4.78 is 5.74. The van der Waals surface area contributed by atoms with E-state index < -0.39 is 6.10 Å². The summed E-state index contributed by atoms with van der Waals surface area (Å²) in [6, 6.07) is 6.51. The van der Waals surface area contributed by atoms with Gasteiger partial charge in [-0.3, -0.25) is 4.90 Å². The molecule has 1 N–H and O–H groups in total. The highest BCUT2D eigenvalue weighted by Crippen LogP contribution is 2.26. The third-order valence-corrected chi connectivity index (χ3v) is 4.43. The molecule has 3 nitrogen and oxygen atoms in total. The first-order chi connectivity index (χ1) is 9.61. The zero-order valence-electron chi connectivity index (χ0n) is 12.5. The molecule has 1 aliphatic carbocycles. The minimum Gasteiger partial charge on any atom is -0.387 e. The van der Waals surface area contributed by atoms with Gasteiger partial charge in [0.25, 0.3) is 0 Å². The number of β-amino-alcohol motifs (C(OH)–C–C–N with tert-alkyl or cyclic N) is 1. The van der Waals surface area contributed by atoms with Crippen LogP contribution < -0.4 is 0 Å². The SMILES string of the molecule is CC1CN(CC(O)c2ccc3c(c2)CCC3)CC(C)O1. The Morgan fingerprint density at radius 3 is 2.65 bits per heavy atom. The standard InChI is InChI=1S/C17H25NO2/c1-12-9-18(10-13(2)20-12)11-17(19)16-7-6-14-4-3-5-15(14)8-16/h6-8,12-13,17,19H,3-5,9-11H2,1-2H3.